The molecule has 1 heterocycles. The summed E-state index contributed by atoms with van der Waals surface area (Å²) in [5.74, 6) is 0.984. The summed E-state index contributed by atoms with van der Waals surface area (Å²) in [4.78, 5) is 0. The summed E-state index contributed by atoms with van der Waals surface area (Å²) in [6.45, 7) is 2.16. The first kappa shape index (κ1) is 13.0. The molecule has 0 bridgehead atoms. The van der Waals surface area contributed by atoms with Gasteiger partial charge in [0.2, 0.25) is 0 Å². The van der Waals surface area contributed by atoms with Crippen LogP contribution in [0.25, 0.3) is 0 Å². The van der Waals surface area contributed by atoms with Crippen LogP contribution in [0.2, 0.25) is 5.02 Å². The van der Waals surface area contributed by atoms with Gasteiger partial charge >= 0.3 is 0 Å². The van der Waals surface area contributed by atoms with Gasteiger partial charge in [-0.3, -0.25) is 0 Å². The van der Waals surface area contributed by atoms with Crippen molar-refractivity contribution in [2.45, 2.75) is 25.3 Å². The second-order valence-corrected chi connectivity index (χ2v) is 6.45. The van der Waals surface area contributed by atoms with Gasteiger partial charge in [0.25, 0.3) is 0 Å². The van der Waals surface area contributed by atoms with Gasteiger partial charge in [0, 0.05) is 22.2 Å². The van der Waals surface area contributed by atoms with E-state index in [0.717, 1.165) is 11.4 Å². The molecule has 2 heteroatoms. The molecule has 1 nitrogen and oxygen atoms in total. The summed E-state index contributed by atoms with van der Waals surface area (Å²) < 4.78 is 0. The Kier molecular flexibility index (Phi) is 3.04. The Bertz CT molecular complexity index is 705. The van der Waals surface area contributed by atoms with Crippen molar-refractivity contribution >= 4 is 17.3 Å². The van der Waals surface area contributed by atoms with Crippen LogP contribution in [0.5, 0.6) is 0 Å². The van der Waals surface area contributed by atoms with Crippen molar-refractivity contribution in [2.75, 3.05) is 5.32 Å². The lowest BCUT2D eigenvalue weighted by atomic mass is 9.76. The highest BCUT2D eigenvalue weighted by Gasteiger charge is 2.39. The molecule has 3 atom stereocenters. The van der Waals surface area contributed by atoms with E-state index in [9.17, 15) is 0 Å². The van der Waals surface area contributed by atoms with Gasteiger partial charge < -0.3 is 5.32 Å². The van der Waals surface area contributed by atoms with E-state index in [-0.39, 0.29) is 0 Å². The lowest BCUT2D eigenvalue weighted by molar-refractivity contribution is 0.425. The van der Waals surface area contributed by atoms with Crippen LogP contribution in [0.4, 0.5) is 5.69 Å². The van der Waals surface area contributed by atoms with E-state index in [1.54, 1.807) is 0 Å². The molecule has 0 fully saturated rings. The summed E-state index contributed by atoms with van der Waals surface area (Å²) in [6.07, 6.45) is 5.76. The fraction of sp³-hybridized carbons (Fsp3) is 0.263. The highest BCUT2D eigenvalue weighted by Crippen LogP contribution is 2.52. The Morgan fingerprint density at radius 2 is 1.90 bits per heavy atom. The highest BCUT2D eigenvalue weighted by molar-refractivity contribution is 6.32. The first-order valence-electron chi connectivity index (χ1n) is 7.53. The van der Waals surface area contributed by atoms with Gasteiger partial charge in [-0.1, -0.05) is 60.2 Å². The van der Waals surface area contributed by atoms with E-state index >= 15 is 0 Å². The second kappa shape index (κ2) is 4.92. The smallest absolute Gasteiger partial charge is 0.0554 e. The molecule has 2 aromatic carbocycles. The zero-order valence-electron chi connectivity index (χ0n) is 12.0. The van der Waals surface area contributed by atoms with Crippen LogP contribution in [0, 0.1) is 12.8 Å². The van der Waals surface area contributed by atoms with Gasteiger partial charge in [0.1, 0.15) is 0 Å². The molecule has 2 aromatic rings. The molecule has 0 aromatic heterocycles. The van der Waals surface area contributed by atoms with Crippen LogP contribution in [0.15, 0.2) is 54.6 Å². The number of aryl methyl sites for hydroxylation is 1. The third kappa shape index (κ3) is 1.99. The number of hydrogen-bond donors (Lipinski definition) is 1. The molecule has 2 aliphatic rings. The van der Waals surface area contributed by atoms with Crippen LogP contribution < -0.4 is 5.32 Å². The maximum atomic E-state index is 6.50. The van der Waals surface area contributed by atoms with Gasteiger partial charge in [0.15, 0.2) is 0 Å². The van der Waals surface area contributed by atoms with Crippen LogP contribution in [-0.2, 0) is 0 Å². The fourth-order valence-corrected chi connectivity index (χ4v) is 4.08. The molecule has 0 unspecified atom stereocenters. The molecule has 1 aliphatic carbocycles. The molecule has 21 heavy (non-hydrogen) atoms. The fourth-order valence-electron chi connectivity index (χ4n) is 3.80. The van der Waals surface area contributed by atoms with E-state index in [1.807, 2.05) is 6.07 Å². The zero-order valence-corrected chi connectivity index (χ0v) is 12.8. The number of halogens is 1. The van der Waals surface area contributed by atoms with Crippen LogP contribution in [0.1, 0.15) is 35.1 Å². The molecule has 0 spiro atoms. The van der Waals surface area contributed by atoms with Crippen molar-refractivity contribution in [3.8, 4) is 0 Å². The van der Waals surface area contributed by atoms with Gasteiger partial charge in [-0.25, -0.2) is 0 Å². The first-order valence-corrected chi connectivity index (χ1v) is 7.90. The Hall–Kier alpha value is -1.73. The molecular formula is C19H18ClN. The normalized spacial score (nSPS) is 26.1. The average Bonchev–Trinajstić information content (AvgIpc) is 3.00. The quantitative estimate of drug-likeness (QED) is 0.687. The molecule has 106 valence electrons. The van der Waals surface area contributed by atoms with Crippen LogP contribution >= 0.6 is 11.6 Å². The minimum Gasteiger partial charge on any atom is -0.377 e. The standard InChI is InChI=1S/C19H18ClN/c1-12-10-11-16(20)17-14-8-5-9-15(14)19(21-18(12)17)13-6-3-2-4-7-13/h2-8,10-11,14-15,19,21H,9H2,1H3/t14-,15+,19+/m0/s1. The minimum atomic E-state index is 0.357. The van der Waals surface area contributed by atoms with E-state index in [4.69, 9.17) is 11.6 Å². The van der Waals surface area contributed by atoms with Crippen molar-refractivity contribution < 1.29 is 0 Å². The Balaban J connectivity index is 1.86. The topological polar surface area (TPSA) is 12.0 Å². The molecule has 0 saturated carbocycles. The van der Waals surface area contributed by atoms with Gasteiger partial charge in [-0.05, 0) is 36.5 Å². The number of rotatable bonds is 1. The van der Waals surface area contributed by atoms with Crippen molar-refractivity contribution in [3.63, 3.8) is 0 Å². The number of nitrogens with one attached hydrogen (secondary N) is 1. The van der Waals surface area contributed by atoms with E-state index in [2.05, 4.69) is 60.8 Å². The summed E-state index contributed by atoms with van der Waals surface area (Å²) in [5.41, 5.74) is 5.14. The zero-order chi connectivity index (χ0) is 14.4. The molecule has 0 saturated heterocycles. The predicted molar refractivity (Wildman–Crippen MR) is 89.0 cm³/mol. The summed E-state index contributed by atoms with van der Waals surface area (Å²) >= 11 is 6.50. The molecule has 4 rings (SSSR count). The maximum Gasteiger partial charge on any atom is 0.0554 e. The van der Waals surface area contributed by atoms with Crippen molar-refractivity contribution in [2.24, 2.45) is 5.92 Å². The maximum absolute atomic E-state index is 6.50. The van der Waals surface area contributed by atoms with Crippen LogP contribution in [0.3, 0.4) is 0 Å². The van der Waals surface area contributed by atoms with E-state index < -0.39 is 0 Å². The molecule has 0 amide bonds. The third-order valence-electron chi connectivity index (χ3n) is 4.83. The van der Waals surface area contributed by atoms with Crippen molar-refractivity contribution in [3.05, 3.63) is 76.3 Å². The molecule has 1 N–H and O–H groups in total. The highest BCUT2D eigenvalue weighted by atomic mass is 35.5. The summed E-state index contributed by atoms with van der Waals surface area (Å²) in [6, 6.07) is 15.3. The van der Waals surface area contributed by atoms with E-state index in [0.29, 0.717) is 17.9 Å². The van der Waals surface area contributed by atoms with E-state index in [1.165, 1.54) is 22.4 Å². The predicted octanol–water partition coefficient (Wildman–Crippen LogP) is 5.47. The summed E-state index contributed by atoms with van der Waals surface area (Å²) in [7, 11) is 0. The SMILES string of the molecule is Cc1ccc(Cl)c2c1N[C@H](c1ccccc1)[C@@H]1CC=C[C@H]21. The number of fused-ring (bicyclic) bond motifs is 3. The largest absolute Gasteiger partial charge is 0.377 e. The average molecular weight is 296 g/mol. The third-order valence-corrected chi connectivity index (χ3v) is 5.16. The van der Waals surface area contributed by atoms with Gasteiger partial charge in [-0.2, -0.15) is 0 Å². The second-order valence-electron chi connectivity index (χ2n) is 6.04. The number of anilines is 1. The lowest BCUT2D eigenvalue weighted by Gasteiger charge is -2.38. The lowest BCUT2D eigenvalue weighted by Crippen LogP contribution is -2.29. The van der Waals surface area contributed by atoms with Crippen LogP contribution in [-0.4, -0.2) is 0 Å². The number of allylic oxidation sites excluding steroid dienone is 2. The number of benzene rings is 2. The Morgan fingerprint density at radius 1 is 1.10 bits per heavy atom. The number of hydrogen-bond acceptors (Lipinski definition) is 1. The van der Waals surface area contributed by atoms with Crippen molar-refractivity contribution in [1.29, 1.82) is 0 Å². The summed E-state index contributed by atoms with van der Waals surface area (Å²) in [5, 5.41) is 4.65. The first-order chi connectivity index (χ1) is 10.3. The molecule has 1 aliphatic heterocycles. The molecule has 0 radical (unpaired) electrons. The van der Waals surface area contributed by atoms with Gasteiger partial charge in [0.05, 0.1) is 6.04 Å². The Labute approximate surface area is 130 Å². The van der Waals surface area contributed by atoms with Gasteiger partial charge in [-0.15, -0.1) is 0 Å². The monoisotopic (exact) mass is 295 g/mol. The Morgan fingerprint density at radius 3 is 2.71 bits per heavy atom. The van der Waals surface area contributed by atoms with Crippen molar-refractivity contribution in [1.82, 2.24) is 0 Å². The molecular weight excluding hydrogens is 278 g/mol. The minimum absolute atomic E-state index is 0.357.